The van der Waals surface area contributed by atoms with Crippen molar-refractivity contribution in [3.8, 4) is 0 Å². The van der Waals surface area contributed by atoms with E-state index in [0.717, 1.165) is 68.6 Å². The molecule has 0 spiro atoms. The summed E-state index contributed by atoms with van der Waals surface area (Å²) in [6, 6.07) is 6.89. The maximum absolute atomic E-state index is 13.0. The van der Waals surface area contributed by atoms with E-state index in [0.29, 0.717) is 5.69 Å². The predicted molar refractivity (Wildman–Crippen MR) is 102 cm³/mol. The number of piperidine rings is 1. The topological polar surface area (TPSA) is 61.0 Å². The zero-order valence-corrected chi connectivity index (χ0v) is 15.6. The third kappa shape index (κ3) is 4.38. The Morgan fingerprint density at radius 2 is 1.89 bits per heavy atom. The van der Waals surface area contributed by atoms with Crippen LogP contribution in [0.5, 0.6) is 0 Å². The summed E-state index contributed by atoms with van der Waals surface area (Å²) in [5.74, 6) is -0.234. The molecule has 1 saturated heterocycles. The Morgan fingerprint density at radius 3 is 2.67 bits per heavy atom. The molecule has 4 rings (SSSR count). The average molecular weight is 370 g/mol. The molecule has 5 nitrogen and oxygen atoms in total. The summed E-state index contributed by atoms with van der Waals surface area (Å²) in [5, 5.41) is 10.6. The van der Waals surface area contributed by atoms with Crippen LogP contribution < -0.4 is 5.32 Å². The molecular weight excluding hydrogens is 343 g/mol. The summed E-state index contributed by atoms with van der Waals surface area (Å²) in [4.78, 5) is 15.1. The minimum atomic E-state index is -0.198. The number of fused-ring (bicyclic) bond motifs is 1. The van der Waals surface area contributed by atoms with Gasteiger partial charge in [-0.05, 0) is 56.2 Å². The van der Waals surface area contributed by atoms with Gasteiger partial charge in [-0.1, -0.05) is 18.6 Å². The molecule has 1 aromatic heterocycles. The van der Waals surface area contributed by atoms with Crippen LogP contribution in [0.2, 0.25) is 0 Å². The second-order valence-electron chi connectivity index (χ2n) is 7.74. The number of hydrogen-bond donors (Lipinski definition) is 2. The number of aryl methyl sites for hydroxylation is 1. The fourth-order valence-electron chi connectivity index (χ4n) is 4.18. The first-order valence-corrected chi connectivity index (χ1v) is 10.0. The number of nitrogens with one attached hydrogen (secondary N) is 2. The molecule has 27 heavy (non-hydrogen) atoms. The lowest BCUT2D eigenvalue weighted by molar-refractivity contribution is 0.0903. The quantitative estimate of drug-likeness (QED) is 0.813. The molecule has 1 aliphatic heterocycles. The first kappa shape index (κ1) is 18.2. The predicted octanol–water partition coefficient (Wildman–Crippen LogP) is 3.21. The second kappa shape index (κ2) is 8.21. The first-order valence-electron chi connectivity index (χ1n) is 10.0. The number of benzene rings is 1. The zero-order chi connectivity index (χ0) is 18.6. The Labute approximate surface area is 159 Å². The molecule has 2 heterocycles. The molecule has 2 aromatic rings. The van der Waals surface area contributed by atoms with Gasteiger partial charge in [0.15, 0.2) is 5.69 Å². The van der Waals surface area contributed by atoms with Gasteiger partial charge >= 0.3 is 0 Å². The molecule has 0 saturated carbocycles. The van der Waals surface area contributed by atoms with Gasteiger partial charge in [-0.15, -0.1) is 0 Å². The lowest BCUT2D eigenvalue weighted by Crippen LogP contribution is -2.44. The smallest absolute Gasteiger partial charge is 0.272 e. The third-order valence-corrected chi connectivity index (χ3v) is 5.76. The molecule has 1 amide bonds. The number of rotatable bonds is 4. The molecule has 6 heteroatoms. The highest BCUT2D eigenvalue weighted by Crippen LogP contribution is 2.22. The van der Waals surface area contributed by atoms with Crippen molar-refractivity contribution in [2.24, 2.45) is 0 Å². The van der Waals surface area contributed by atoms with Gasteiger partial charge in [0.1, 0.15) is 5.82 Å². The molecule has 0 radical (unpaired) electrons. The fraction of sp³-hybridized carbons (Fsp3) is 0.524. The summed E-state index contributed by atoms with van der Waals surface area (Å²) in [7, 11) is 0. The van der Waals surface area contributed by atoms with Gasteiger partial charge in [-0.2, -0.15) is 5.10 Å². The van der Waals surface area contributed by atoms with Crippen LogP contribution in [0.4, 0.5) is 4.39 Å². The van der Waals surface area contributed by atoms with Gasteiger partial charge in [0.25, 0.3) is 5.91 Å². The molecule has 0 unspecified atom stereocenters. The molecule has 144 valence electrons. The number of carbonyl (C=O) groups is 1. The summed E-state index contributed by atoms with van der Waals surface area (Å²) < 4.78 is 13.0. The number of carbonyl (C=O) groups excluding carboxylic acids is 1. The van der Waals surface area contributed by atoms with E-state index in [2.05, 4.69) is 20.4 Å². The number of hydrogen-bond acceptors (Lipinski definition) is 3. The molecule has 2 N–H and O–H groups in total. The zero-order valence-electron chi connectivity index (χ0n) is 15.6. The van der Waals surface area contributed by atoms with Crippen LogP contribution >= 0.6 is 0 Å². The summed E-state index contributed by atoms with van der Waals surface area (Å²) >= 11 is 0. The normalized spacial score (nSPS) is 18.7. The molecular formula is C21H27FN4O. The molecule has 0 atom stereocenters. The monoisotopic (exact) mass is 370 g/mol. The van der Waals surface area contributed by atoms with E-state index in [-0.39, 0.29) is 17.8 Å². The van der Waals surface area contributed by atoms with Crippen LogP contribution in [0.1, 0.15) is 59.4 Å². The van der Waals surface area contributed by atoms with Crippen LogP contribution in [0.25, 0.3) is 0 Å². The highest BCUT2D eigenvalue weighted by atomic mass is 19.1. The Bertz CT molecular complexity index is 778. The van der Waals surface area contributed by atoms with E-state index in [4.69, 9.17) is 0 Å². The van der Waals surface area contributed by atoms with Crippen molar-refractivity contribution in [1.29, 1.82) is 0 Å². The van der Waals surface area contributed by atoms with Gasteiger partial charge in [0.05, 0.1) is 0 Å². The van der Waals surface area contributed by atoms with Crippen LogP contribution in [0, 0.1) is 5.82 Å². The van der Waals surface area contributed by atoms with E-state index in [9.17, 15) is 9.18 Å². The van der Waals surface area contributed by atoms with Crippen molar-refractivity contribution in [2.75, 3.05) is 13.1 Å². The van der Waals surface area contributed by atoms with Crippen LogP contribution in [-0.4, -0.2) is 40.1 Å². The van der Waals surface area contributed by atoms with E-state index in [1.807, 2.05) is 12.1 Å². The molecule has 1 aliphatic carbocycles. The Hall–Kier alpha value is -2.21. The van der Waals surface area contributed by atoms with Gasteiger partial charge in [-0.25, -0.2) is 4.39 Å². The van der Waals surface area contributed by atoms with Crippen molar-refractivity contribution >= 4 is 5.91 Å². The van der Waals surface area contributed by atoms with Crippen molar-refractivity contribution in [2.45, 2.75) is 57.5 Å². The highest BCUT2D eigenvalue weighted by molar-refractivity contribution is 5.94. The van der Waals surface area contributed by atoms with E-state index in [1.54, 1.807) is 0 Å². The van der Waals surface area contributed by atoms with E-state index >= 15 is 0 Å². The van der Waals surface area contributed by atoms with Gasteiger partial charge in [0.2, 0.25) is 0 Å². The number of likely N-dealkylation sites (tertiary alicyclic amines) is 1. The minimum Gasteiger partial charge on any atom is -0.348 e. The third-order valence-electron chi connectivity index (χ3n) is 5.76. The number of aromatic amines is 1. The largest absolute Gasteiger partial charge is 0.348 e. The molecule has 0 bridgehead atoms. The standard InChI is InChI=1S/C21H27FN4O/c22-16-8-6-15(7-9-16)14-26-12-10-17(11-13-26)23-21(27)20-18-4-2-1-3-5-19(18)24-25-20/h6-9,17H,1-5,10-14H2,(H,23,27)(H,24,25). The maximum Gasteiger partial charge on any atom is 0.272 e. The highest BCUT2D eigenvalue weighted by Gasteiger charge is 2.25. The molecule has 1 fully saturated rings. The van der Waals surface area contributed by atoms with E-state index in [1.165, 1.54) is 25.0 Å². The van der Waals surface area contributed by atoms with Crippen molar-refractivity contribution in [3.63, 3.8) is 0 Å². The fourth-order valence-corrected chi connectivity index (χ4v) is 4.18. The first-order chi connectivity index (χ1) is 13.2. The summed E-state index contributed by atoms with van der Waals surface area (Å²) in [6.45, 7) is 2.69. The van der Waals surface area contributed by atoms with Crippen molar-refractivity contribution in [1.82, 2.24) is 20.4 Å². The lowest BCUT2D eigenvalue weighted by atomic mass is 10.0. The van der Waals surface area contributed by atoms with Gasteiger partial charge < -0.3 is 5.32 Å². The van der Waals surface area contributed by atoms with Crippen molar-refractivity contribution < 1.29 is 9.18 Å². The van der Waals surface area contributed by atoms with Crippen molar-refractivity contribution in [3.05, 3.63) is 52.6 Å². The number of nitrogens with zero attached hydrogens (tertiary/aromatic N) is 2. The minimum absolute atomic E-state index is 0.0358. The lowest BCUT2D eigenvalue weighted by Gasteiger charge is -2.32. The number of halogens is 1. The Morgan fingerprint density at radius 1 is 1.15 bits per heavy atom. The SMILES string of the molecule is O=C(NC1CCN(Cc2ccc(F)cc2)CC1)c1n[nH]c2c1CCCCC2. The van der Waals surface area contributed by atoms with E-state index < -0.39 is 0 Å². The maximum atomic E-state index is 13.0. The molecule has 1 aromatic carbocycles. The van der Waals surface area contributed by atoms with Crippen LogP contribution in [0.15, 0.2) is 24.3 Å². The number of amides is 1. The van der Waals surface area contributed by atoms with Gasteiger partial charge in [0, 0.05) is 36.9 Å². The Balaban J connectivity index is 1.29. The van der Waals surface area contributed by atoms with Crippen LogP contribution in [-0.2, 0) is 19.4 Å². The number of aromatic nitrogens is 2. The van der Waals surface area contributed by atoms with Crippen LogP contribution in [0.3, 0.4) is 0 Å². The number of H-pyrrole nitrogens is 1. The Kier molecular flexibility index (Phi) is 5.53. The second-order valence-corrected chi connectivity index (χ2v) is 7.74. The summed E-state index contributed by atoms with van der Waals surface area (Å²) in [6.07, 6.45) is 7.33. The average Bonchev–Trinajstić information content (AvgIpc) is 2.94. The van der Waals surface area contributed by atoms with Gasteiger partial charge in [-0.3, -0.25) is 14.8 Å². The molecule has 2 aliphatic rings. The summed E-state index contributed by atoms with van der Waals surface area (Å²) in [5.41, 5.74) is 3.99.